The molecule has 0 saturated heterocycles. The largest absolute Gasteiger partial charge is 0.464 e. The fraction of sp³-hybridized carbons (Fsp3) is 0.188. The van der Waals surface area contributed by atoms with Crippen molar-refractivity contribution < 1.29 is 4.42 Å². The van der Waals surface area contributed by atoms with E-state index in [0.717, 1.165) is 34.4 Å². The van der Waals surface area contributed by atoms with Gasteiger partial charge in [-0.15, -0.1) is 0 Å². The highest BCUT2D eigenvalue weighted by Crippen LogP contribution is 2.24. The third-order valence-electron chi connectivity index (χ3n) is 3.31. The van der Waals surface area contributed by atoms with Crippen molar-refractivity contribution in [3.05, 3.63) is 65.7 Å². The maximum Gasteiger partial charge on any atom is 0.125 e. The number of hydrogen-bond acceptors (Lipinski definition) is 3. The van der Waals surface area contributed by atoms with Gasteiger partial charge in [0.1, 0.15) is 11.5 Å². The molecule has 0 radical (unpaired) electrons. The second-order valence-corrected chi connectivity index (χ2v) is 4.60. The first-order valence-corrected chi connectivity index (χ1v) is 6.47. The first kappa shape index (κ1) is 11.9. The van der Waals surface area contributed by atoms with E-state index < -0.39 is 0 Å². The molecule has 3 rings (SSSR count). The molecule has 3 heteroatoms. The lowest BCUT2D eigenvalue weighted by atomic mass is 10.1. The molecule has 0 aliphatic heterocycles. The molecule has 3 nitrogen and oxygen atoms in total. The molecule has 0 fully saturated rings. The number of para-hydroxylation sites is 1. The number of aromatic nitrogens is 1. The summed E-state index contributed by atoms with van der Waals surface area (Å²) in [5.74, 6) is 1.74. The Morgan fingerprint density at radius 3 is 2.84 bits per heavy atom. The average molecular weight is 252 g/mol. The number of nitrogens with two attached hydrogens (primary N) is 1. The number of fused-ring (bicyclic) bond motifs is 1. The van der Waals surface area contributed by atoms with Gasteiger partial charge in [-0.3, -0.25) is 4.98 Å². The number of pyridine rings is 1. The Hall–Kier alpha value is -2.13. The van der Waals surface area contributed by atoms with E-state index in [0.29, 0.717) is 0 Å². The molecule has 0 aliphatic rings. The van der Waals surface area contributed by atoms with Crippen LogP contribution in [-0.4, -0.2) is 4.98 Å². The number of hydrogen-bond donors (Lipinski definition) is 1. The third-order valence-corrected chi connectivity index (χ3v) is 3.31. The second-order valence-electron chi connectivity index (χ2n) is 4.60. The van der Waals surface area contributed by atoms with Crippen LogP contribution in [0.5, 0.6) is 0 Å². The van der Waals surface area contributed by atoms with Crippen LogP contribution in [0.25, 0.3) is 10.9 Å². The molecule has 2 heterocycles. The molecule has 3 aromatic rings. The van der Waals surface area contributed by atoms with Gasteiger partial charge in [0, 0.05) is 18.0 Å². The quantitative estimate of drug-likeness (QED) is 0.776. The molecule has 2 aromatic heterocycles. The molecule has 0 aliphatic carbocycles. The van der Waals surface area contributed by atoms with E-state index >= 15 is 0 Å². The van der Waals surface area contributed by atoms with Crippen LogP contribution in [0.4, 0.5) is 0 Å². The zero-order valence-electron chi connectivity index (χ0n) is 10.8. The molecule has 0 saturated carbocycles. The smallest absolute Gasteiger partial charge is 0.125 e. The van der Waals surface area contributed by atoms with Crippen LogP contribution in [0.1, 0.15) is 30.0 Å². The number of furan rings is 1. The van der Waals surface area contributed by atoms with E-state index in [4.69, 9.17) is 10.2 Å². The summed E-state index contributed by atoms with van der Waals surface area (Å²) < 4.78 is 5.71. The maximum absolute atomic E-state index is 6.24. The van der Waals surface area contributed by atoms with Crippen molar-refractivity contribution in [2.24, 2.45) is 5.73 Å². The van der Waals surface area contributed by atoms with Gasteiger partial charge >= 0.3 is 0 Å². The van der Waals surface area contributed by atoms with E-state index in [2.05, 4.69) is 18.0 Å². The summed E-state index contributed by atoms with van der Waals surface area (Å²) in [6, 6.07) is 13.7. The van der Waals surface area contributed by atoms with Gasteiger partial charge in [0.25, 0.3) is 0 Å². The molecular weight excluding hydrogens is 236 g/mol. The zero-order valence-corrected chi connectivity index (χ0v) is 10.8. The number of nitrogens with zero attached hydrogens (tertiary/aromatic N) is 1. The molecule has 96 valence electrons. The van der Waals surface area contributed by atoms with Crippen molar-refractivity contribution in [3.63, 3.8) is 0 Å². The Bertz CT molecular complexity index is 703. The minimum Gasteiger partial charge on any atom is -0.464 e. The standard InChI is InChI=1S/C16H16N2O/c1-2-13-7-8-15(19-13)16(17)12-9-11-5-3-4-6-14(11)18-10-12/h3-10,16H,2,17H2,1H3. The van der Waals surface area contributed by atoms with Crippen LogP contribution in [0.2, 0.25) is 0 Å². The Labute approximate surface area is 112 Å². The normalized spacial score (nSPS) is 12.7. The minimum absolute atomic E-state index is 0.266. The summed E-state index contributed by atoms with van der Waals surface area (Å²) in [5.41, 5.74) is 8.19. The SMILES string of the molecule is CCc1ccc(C(N)c2cnc3ccccc3c2)o1. The van der Waals surface area contributed by atoms with Crippen molar-refractivity contribution >= 4 is 10.9 Å². The van der Waals surface area contributed by atoms with Gasteiger partial charge in [-0.1, -0.05) is 25.1 Å². The highest BCUT2D eigenvalue weighted by atomic mass is 16.3. The number of rotatable bonds is 3. The number of benzene rings is 1. The fourth-order valence-corrected chi connectivity index (χ4v) is 2.17. The van der Waals surface area contributed by atoms with Crippen LogP contribution in [0.3, 0.4) is 0 Å². The van der Waals surface area contributed by atoms with Crippen LogP contribution in [0.15, 0.2) is 53.1 Å². The van der Waals surface area contributed by atoms with Gasteiger partial charge < -0.3 is 10.2 Å². The zero-order chi connectivity index (χ0) is 13.2. The van der Waals surface area contributed by atoms with E-state index in [-0.39, 0.29) is 6.04 Å². The maximum atomic E-state index is 6.24. The molecule has 0 amide bonds. The number of aryl methyl sites for hydroxylation is 1. The lowest BCUT2D eigenvalue weighted by Crippen LogP contribution is -2.11. The third kappa shape index (κ3) is 2.25. The molecule has 1 aromatic carbocycles. The highest BCUT2D eigenvalue weighted by molar-refractivity contribution is 5.78. The Morgan fingerprint density at radius 1 is 1.21 bits per heavy atom. The van der Waals surface area contributed by atoms with Gasteiger partial charge in [-0.05, 0) is 29.8 Å². The molecular formula is C16H16N2O. The minimum atomic E-state index is -0.266. The summed E-state index contributed by atoms with van der Waals surface area (Å²) in [5, 5.41) is 1.10. The van der Waals surface area contributed by atoms with Crippen molar-refractivity contribution in [1.82, 2.24) is 4.98 Å². The lowest BCUT2D eigenvalue weighted by molar-refractivity contribution is 0.454. The summed E-state index contributed by atoms with van der Waals surface area (Å²) >= 11 is 0. The Balaban J connectivity index is 1.98. The highest BCUT2D eigenvalue weighted by Gasteiger charge is 2.13. The topological polar surface area (TPSA) is 52.0 Å². The monoisotopic (exact) mass is 252 g/mol. The Kier molecular flexibility index (Phi) is 3.05. The van der Waals surface area contributed by atoms with Crippen molar-refractivity contribution in [2.45, 2.75) is 19.4 Å². The first-order chi connectivity index (χ1) is 9.28. The Morgan fingerprint density at radius 2 is 2.05 bits per heavy atom. The molecule has 0 bridgehead atoms. The average Bonchev–Trinajstić information content (AvgIpc) is 2.95. The van der Waals surface area contributed by atoms with Crippen molar-refractivity contribution in [1.29, 1.82) is 0 Å². The van der Waals surface area contributed by atoms with Crippen LogP contribution < -0.4 is 5.73 Å². The second kappa shape index (κ2) is 4.86. The van der Waals surface area contributed by atoms with Gasteiger partial charge in [-0.25, -0.2) is 0 Å². The molecule has 0 spiro atoms. The van der Waals surface area contributed by atoms with Crippen molar-refractivity contribution in [2.75, 3.05) is 0 Å². The van der Waals surface area contributed by atoms with E-state index in [1.54, 1.807) is 0 Å². The van der Waals surface area contributed by atoms with Crippen LogP contribution >= 0.6 is 0 Å². The molecule has 1 atom stereocenters. The molecule has 2 N–H and O–H groups in total. The summed E-state index contributed by atoms with van der Waals surface area (Å²) in [6.07, 6.45) is 2.70. The first-order valence-electron chi connectivity index (χ1n) is 6.47. The van der Waals surface area contributed by atoms with Gasteiger partial charge in [-0.2, -0.15) is 0 Å². The van der Waals surface area contributed by atoms with Crippen LogP contribution in [0, 0.1) is 0 Å². The predicted molar refractivity (Wildman–Crippen MR) is 75.9 cm³/mol. The van der Waals surface area contributed by atoms with Gasteiger partial charge in [0.2, 0.25) is 0 Å². The van der Waals surface area contributed by atoms with Gasteiger partial charge in [0.05, 0.1) is 11.6 Å². The summed E-state index contributed by atoms with van der Waals surface area (Å²) in [4.78, 5) is 4.43. The van der Waals surface area contributed by atoms with E-state index in [1.165, 1.54) is 0 Å². The molecule has 19 heavy (non-hydrogen) atoms. The summed E-state index contributed by atoms with van der Waals surface area (Å²) in [7, 11) is 0. The lowest BCUT2D eigenvalue weighted by Gasteiger charge is -2.09. The predicted octanol–water partition coefficient (Wildman–Crippen LogP) is 3.44. The molecule has 1 unspecified atom stereocenters. The van der Waals surface area contributed by atoms with Crippen molar-refractivity contribution in [3.8, 4) is 0 Å². The van der Waals surface area contributed by atoms with Crippen LogP contribution in [-0.2, 0) is 6.42 Å². The summed E-state index contributed by atoms with van der Waals surface area (Å²) in [6.45, 7) is 2.06. The van der Waals surface area contributed by atoms with E-state index in [1.807, 2.05) is 42.6 Å². The van der Waals surface area contributed by atoms with E-state index in [9.17, 15) is 0 Å². The van der Waals surface area contributed by atoms with Gasteiger partial charge in [0.15, 0.2) is 0 Å². The fourth-order valence-electron chi connectivity index (χ4n) is 2.17.